The quantitative estimate of drug-likeness (QED) is 0.326. The molecule has 0 bridgehead atoms. The Hall–Kier alpha value is -1.55. The van der Waals surface area contributed by atoms with E-state index in [1.165, 1.54) is 32.1 Å². The van der Waals surface area contributed by atoms with E-state index in [4.69, 9.17) is 21.4 Å². The lowest BCUT2D eigenvalue weighted by atomic mass is 10.1. The van der Waals surface area contributed by atoms with Gasteiger partial charge in [0, 0.05) is 30.6 Å². The fourth-order valence-corrected chi connectivity index (χ4v) is 3.25. The second-order valence-corrected chi connectivity index (χ2v) is 6.84. The van der Waals surface area contributed by atoms with Crippen LogP contribution in [-0.2, 0) is 0 Å². The first-order chi connectivity index (χ1) is 12.2. The Morgan fingerprint density at radius 1 is 0.960 bits per heavy atom. The minimum atomic E-state index is 0.758. The van der Waals surface area contributed by atoms with Crippen molar-refractivity contribution < 1.29 is 9.15 Å². The summed E-state index contributed by atoms with van der Waals surface area (Å²) in [5.74, 6) is 1.69. The number of nitrogens with zero attached hydrogens (tertiary/aromatic N) is 1. The summed E-state index contributed by atoms with van der Waals surface area (Å²) < 4.78 is 12.8. The molecule has 0 fully saturated rings. The molecule has 0 radical (unpaired) electrons. The highest BCUT2D eigenvalue weighted by atomic mass is 32.1. The topological polar surface area (TPSA) is 25.6 Å². The van der Waals surface area contributed by atoms with Gasteiger partial charge in [-0.1, -0.05) is 51.2 Å². The molecule has 0 amide bonds. The Morgan fingerprint density at radius 2 is 1.68 bits per heavy atom. The highest BCUT2D eigenvalue weighted by Gasteiger charge is 2.08. The molecule has 1 aromatic carbocycles. The summed E-state index contributed by atoms with van der Waals surface area (Å²) in [5.41, 5.74) is 0.801. The zero-order valence-corrected chi connectivity index (χ0v) is 16.7. The highest BCUT2D eigenvalue weighted by Crippen LogP contribution is 2.27. The van der Waals surface area contributed by atoms with E-state index >= 15 is 0 Å². The number of anilines is 1. The van der Waals surface area contributed by atoms with Gasteiger partial charge in [0.2, 0.25) is 0 Å². The van der Waals surface area contributed by atoms with E-state index in [0.717, 1.165) is 53.2 Å². The summed E-state index contributed by atoms with van der Waals surface area (Å²) in [6, 6.07) is 7.91. The van der Waals surface area contributed by atoms with Gasteiger partial charge in [-0.15, -0.1) is 0 Å². The van der Waals surface area contributed by atoms with Crippen LogP contribution in [0.1, 0.15) is 59.3 Å². The van der Waals surface area contributed by atoms with Crippen LogP contribution in [0.25, 0.3) is 11.0 Å². The molecule has 4 heteroatoms. The van der Waals surface area contributed by atoms with Crippen molar-refractivity contribution in [3.8, 4) is 5.75 Å². The number of benzene rings is 1. The molecular weight excluding hydrogens is 330 g/mol. The van der Waals surface area contributed by atoms with Crippen molar-refractivity contribution in [1.82, 2.24) is 0 Å². The van der Waals surface area contributed by atoms with Gasteiger partial charge in [0.15, 0.2) is 5.88 Å². The standard InChI is InChI=1S/C21H31NO2S/c1-4-7-8-9-10-11-14-23-17-12-13-18-19(15-17)24-21(16-20(18)25)22(5-2)6-3/h12-13,15-16H,4-11,14H2,1-3H3. The Morgan fingerprint density at radius 3 is 2.40 bits per heavy atom. The second-order valence-electron chi connectivity index (χ2n) is 6.40. The van der Waals surface area contributed by atoms with Gasteiger partial charge in [0.1, 0.15) is 11.3 Å². The average Bonchev–Trinajstić information content (AvgIpc) is 2.62. The van der Waals surface area contributed by atoms with Gasteiger partial charge >= 0.3 is 0 Å². The van der Waals surface area contributed by atoms with E-state index in [9.17, 15) is 0 Å². The minimum Gasteiger partial charge on any atom is -0.493 e. The molecule has 25 heavy (non-hydrogen) atoms. The number of fused-ring (bicyclic) bond motifs is 1. The fraction of sp³-hybridized carbons (Fsp3) is 0.571. The van der Waals surface area contributed by atoms with Crippen molar-refractivity contribution in [2.24, 2.45) is 0 Å². The van der Waals surface area contributed by atoms with E-state index in [1.54, 1.807) is 0 Å². The largest absolute Gasteiger partial charge is 0.493 e. The molecule has 0 aliphatic heterocycles. The summed E-state index contributed by atoms with van der Waals surface area (Å²) in [6.45, 7) is 9.03. The molecule has 0 N–H and O–H groups in total. The van der Waals surface area contributed by atoms with Crippen LogP contribution in [0.5, 0.6) is 5.75 Å². The van der Waals surface area contributed by atoms with Gasteiger partial charge in [-0.25, -0.2) is 0 Å². The minimum absolute atomic E-state index is 0.758. The SMILES string of the molecule is CCCCCCCCOc1ccc2c(=S)cc(N(CC)CC)oc2c1. The molecule has 0 atom stereocenters. The van der Waals surface area contributed by atoms with Crippen molar-refractivity contribution in [3.63, 3.8) is 0 Å². The molecule has 0 saturated heterocycles. The summed E-state index contributed by atoms with van der Waals surface area (Å²) >= 11 is 5.53. The lowest BCUT2D eigenvalue weighted by Gasteiger charge is -2.19. The molecule has 0 aliphatic rings. The third-order valence-electron chi connectivity index (χ3n) is 4.53. The summed E-state index contributed by atoms with van der Waals surface area (Å²) in [6.07, 6.45) is 7.60. The maximum atomic E-state index is 6.08. The predicted molar refractivity (Wildman–Crippen MR) is 109 cm³/mol. The lowest BCUT2D eigenvalue weighted by molar-refractivity contribution is 0.304. The van der Waals surface area contributed by atoms with Gasteiger partial charge in [-0.2, -0.15) is 0 Å². The molecule has 2 rings (SSSR count). The van der Waals surface area contributed by atoms with Crippen LogP contribution in [0.2, 0.25) is 0 Å². The zero-order valence-electron chi connectivity index (χ0n) is 15.8. The van der Waals surface area contributed by atoms with Crippen LogP contribution >= 0.6 is 12.2 Å². The van der Waals surface area contributed by atoms with Crippen LogP contribution < -0.4 is 9.64 Å². The Balaban J connectivity index is 2.01. The van der Waals surface area contributed by atoms with Crippen LogP contribution in [-0.4, -0.2) is 19.7 Å². The zero-order chi connectivity index (χ0) is 18.1. The van der Waals surface area contributed by atoms with Gasteiger partial charge < -0.3 is 14.1 Å². The molecule has 1 aromatic heterocycles. The summed E-state index contributed by atoms with van der Waals surface area (Å²) in [5, 5.41) is 0.970. The molecule has 0 saturated carbocycles. The number of hydrogen-bond donors (Lipinski definition) is 0. The van der Waals surface area contributed by atoms with Crippen molar-refractivity contribution in [2.45, 2.75) is 59.3 Å². The summed E-state index contributed by atoms with van der Waals surface area (Å²) in [4.78, 5) is 2.17. The number of hydrogen-bond acceptors (Lipinski definition) is 4. The van der Waals surface area contributed by atoms with Crippen molar-refractivity contribution in [2.75, 3.05) is 24.6 Å². The molecule has 3 nitrogen and oxygen atoms in total. The van der Waals surface area contributed by atoms with E-state index in [2.05, 4.69) is 25.7 Å². The van der Waals surface area contributed by atoms with Crippen LogP contribution in [0.4, 0.5) is 5.88 Å². The number of ether oxygens (including phenoxy) is 1. The molecule has 1 heterocycles. The Bertz CT molecular complexity index is 707. The highest BCUT2D eigenvalue weighted by molar-refractivity contribution is 7.71. The number of rotatable bonds is 11. The van der Waals surface area contributed by atoms with Gasteiger partial charge in [0.05, 0.1) is 11.1 Å². The molecule has 0 aliphatic carbocycles. The smallest absolute Gasteiger partial charge is 0.197 e. The fourth-order valence-electron chi connectivity index (χ4n) is 2.98. The van der Waals surface area contributed by atoms with Crippen LogP contribution in [0.3, 0.4) is 0 Å². The summed E-state index contributed by atoms with van der Waals surface area (Å²) in [7, 11) is 0. The Kier molecular flexibility index (Phi) is 8.26. The molecule has 0 unspecified atom stereocenters. The van der Waals surface area contributed by atoms with Gasteiger partial charge in [-0.3, -0.25) is 0 Å². The maximum Gasteiger partial charge on any atom is 0.197 e. The third-order valence-corrected chi connectivity index (χ3v) is 4.87. The second kappa shape index (κ2) is 10.4. The van der Waals surface area contributed by atoms with Crippen molar-refractivity contribution in [3.05, 3.63) is 28.8 Å². The molecule has 0 spiro atoms. The normalized spacial score (nSPS) is 11.0. The van der Waals surface area contributed by atoms with Crippen molar-refractivity contribution >= 4 is 29.1 Å². The van der Waals surface area contributed by atoms with E-state index < -0.39 is 0 Å². The maximum absolute atomic E-state index is 6.08. The van der Waals surface area contributed by atoms with Crippen molar-refractivity contribution in [1.29, 1.82) is 0 Å². The average molecular weight is 362 g/mol. The molecular formula is C21H31NO2S. The Labute approximate surface area is 157 Å². The lowest BCUT2D eigenvalue weighted by Crippen LogP contribution is -2.21. The van der Waals surface area contributed by atoms with E-state index in [-0.39, 0.29) is 0 Å². The first kappa shape index (κ1) is 19.8. The number of unbranched alkanes of at least 4 members (excludes halogenated alkanes) is 5. The molecule has 2 aromatic rings. The molecule has 138 valence electrons. The third kappa shape index (κ3) is 5.74. The first-order valence-corrected chi connectivity index (χ1v) is 10.1. The van der Waals surface area contributed by atoms with Crippen LogP contribution in [0, 0.1) is 4.51 Å². The first-order valence-electron chi connectivity index (χ1n) is 9.65. The van der Waals surface area contributed by atoms with Gasteiger partial charge in [0.25, 0.3) is 0 Å². The van der Waals surface area contributed by atoms with E-state index in [0.29, 0.717) is 0 Å². The van der Waals surface area contributed by atoms with E-state index in [1.807, 2.05) is 24.3 Å². The van der Waals surface area contributed by atoms with Crippen LogP contribution in [0.15, 0.2) is 28.7 Å². The monoisotopic (exact) mass is 361 g/mol. The predicted octanol–water partition coefficient (Wildman–Crippen LogP) is 6.75. The van der Waals surface area contributed by atoms with Gasteiger partial charge in [-0.05, 0) is 32.4 Å².